The van der Waals surface area contributed by atoms with Crippen LogP contribution in [0.1, 0.15) is 50.4 Å². The van der Waals surface area contributed by atoms with Gasteiger partial charge in [-0.2, -0.15) is 0 Å². The van der Waals surface area contributed by atoms with Crippen LogP contribution in [0.2, 0.25) is 0 Å². The number of carbonyl (C=O) groups is 1. The number of hydrogen-bond donors (Lipinski definition) is 0. The van der Waals surface area contributed by atoms with Gasteiger partial charge in [0.2, 0.25) is 0 Å². The zero-order chi connectivity index (χ0) is 27.6. The fraction of sp³-hybridized carbons (Fsp3) is 0.345. The normalized spacial score (nSPS) is 15.3. The van der Waals surface area contributed by atoms with E-state index in [0.29, 0.717) is 37.7 Å². The molecule has 1 atom stereocenters. The molecule has 0 N–H and O–H groups in total. The number of hydrogen-bond acceptors (Lipinski definition) is 8. The summed E-state index contributed by atoms with van der Waals surface area (Å²) in [6.45, 7) is 9.53. The van der Waals surface area contributed by atoms with Gasteiger partial charge in [-0.1, -0.05) is 29.5 Å². The van der Waals surface area contributed by atoms with Crippen LogP contribution >= 0.6 is 11.3 Å². The van der Waals surface area contributed by atoms with Gasteiger partial charge in [0.15, 0.2) is 16.3 Å². The summed E-state index contributed by atoms with van der Waals surface area (Å²) in [6.07, 6.45) is 1.76. The number of benzene rings is 2. The molecule has 1 aromatic heterocycles. The van der Waals surface area contributed by atoms with Gasteiger partial charge in [0.1, 0.15) is 5.75 Å². The maximum Gasteiger partial charge on any atom is 0.338 e. The number of ether oxygens (including phenoxy) is 4. The molecule has 38 heavy (non-hydrogen) atoms. The van der Waals surface area contributed by atoms with E-state index in [1.807, 2.05) is 51.1 Å². The largest absolute Gasteiger partial charge is 0.496 e. The van der Waals surface area contributed by atoms with Crippen molar-refractivity contribution in [3.05, 3.63) is 84.0 Å². The first-order valence-corrected chi connectivity index (χ1v) is 13.2. The highest BCUT2D eigenvalue weighted by Crippen LogP contribution is 2.36. The molecule has 9 heteroatoms. The Labute approximate surface area is 225 Å². The minimum atomic E-state index is -0.748. The third kappa shape index (κ3) is 5.24. The number of aromatic nitrogens is 1. The summed E-state index contributed by atoms with van der Waals surface area (Å²) in [5, 5.41) is 0. The highest BCUT2D eigenvalue weighted by atomic mass is 32.1. The third-order valence-corrected chi connectivity index (χ3v) is 7.10. The fourth-order valence-corrected chi connectivity index (χ4v) is 5.44. The summed E-state index contributed by atoms with van der Waals surface area (Å²) in [7, 11) is 3.17. The van der Waals surface area contributed by atoms with Crippen LogP contribution in [0, 0.1) is 6.92 Å². The van der Waals surface area contributed by atoms with Crippen LogP contribution in [-0.2, 0) is 9.53 Å². The number of thiazole rings is 1. The first-order valence-electron chi connectivity index (χ1n) is 12.4. The van der Waals surface area contributed by atoms with Crippen molar-refractivity contribution in [2.45, 2.75) is 46.8 Å². The Bertz CT molecular complexity index is 1580. The van der Waals surface area contributed by atoms with Crippen LogP contribution in [0.25, 0.3) is 6.08 Å². The Hall–Kier alpha value is -3.85. The van der Waals surface area contributed by atoms with E-state index in [-0.39, 0.29) is 18.3 Å². The maximum absolute atomic E-state index is 13.8. The highest BCUT2D eigenvalue weighted by molar-refractivity contribution is 7.07. The van der Waals surface area contributed by atoms with Crippen LogP contribution in [-0.4, -0.2) is 37.5 Å². The van der Waals surface area contributed by atoms with Crippen molar-refractivity contribution >= 4 is 23.4 Å². The van der Waals surface area contributed by atoms with Crippen molar-refractivity contribution in [2.24, 2.45) is 4.99 Å². The molecule has 1 aliphatic rings. The van der Waals surface area contributed by atoms with Crippen molar-refractivity contribution in [1.29, 1.82) is 0 Å². The van der Waals surface area contributed by atoms with Crippen molar-refractivity contribution in [1.82, 2.24) is 4.57 Å². The molecular weight excluding hydrogens is 504 g/mol. The molecule has 4 rings (SSSR count). The molecule has 1 aliphatic heterocycles. The monoisotopic (exact) mass is 536 g/mol. The topological polar surface area (TPSA) is 88.4 Å². The number of carbonyl (C=O) groups excluding carboxylic acids is 1. The summed E-state index contributed by atoms with van der Waals surface area (Å²) in [4.78, 5) is 32.1. The second-order valence-electron chi connectivity index (χ2n) is 9.11. The van der Waals surface area contributed by atoms with Gasteiger partial charge < -0.3 is 18.9 Å². The molecule has 2 heterocycles. The van der Waals surface area contributed by atoms with Crippen LogP contribution in [0.4, 0.5) is 0 Å². The average molecular weight is 537 g/mol. The molecule has 0 fully saturated rings. The minimum absolute atomic E-state index is 0.0509. The number of rotatable bonds is 8. The van der Waals surface area contributed by atoms with Gasteiger partial charge in [-0.15, -0.1) is 0 Å². The molecule has 0 saturated heterocycles. The standard InChI is InChI=1S/C29H32N2O6S/c1-8-36-28(33)25-18(5)30-29-31(26(25)20-11-12-21(37-16(2)3)23(15-20)35-7)27(32)24(38-29)14-19-10-9-17(4)22(13-19)34-6/h9-16,26H,8H2,1-7H3/b24-14+/t26-/m0/s1. The summed E-state index contributed by atoms with van der Waals surface area (Å²) in [5.74, 6) is 1.30. The Kier molecular flexibility index (Phi) is 8.06. The molecule has 0 saturated carbocycles. The van der Waals surface area contributed by atoms with Gasteiger partial charge in [-0.25, -0.2) is 9.79 Å². The molecule has 0 unspecified atom stereocenters. The molecule has 0 bridgehead atoms. The lowest BCUT2D eigenvalue weighted by Gasteiger charge is -2.25. The van der Waals surface area contributed by atoms with E-state index in [9.17, 15) is 9.59 Å². The van der Waals surface area contributed by atoms with Gasteiger partial charge in [-0.05, 0) is 75.6 Å². The predicted octanol–water partition coefficient (Wildman–Crippen LogP) is 3.91. The molecule has 0 aliphatic carbocycles. The lowest BCUT2D eigenvalue weighted by Crippen LogP contribution is -2.40. The predicted molar refractivity (Wildman–Crippen MR) is 147 cm³/mol. The first kappa shape index (κ1) is 27.2. The summed E-state index contributed by atoms with van der Waals surface area (Å²) in [5.41, 5.74) is 3.06. The van der Waals surface area contributed by atoms with Crippen LogP contribution in [0.15, 0.2) is 57.5 Å². The first-order chi connectivity index (χ1) is 18.2. The van der Waals surface area contributed by atoms with Crippen molar-refractivity contribution in [3.63, 3.8) is 0 Å². The van der Waals surface area contributed by atoms with E-state index >= 15 is 0 Å². The number of fused-ring (bicyclic) bond motifs is 1. The molecule has 0 amide bonds. The maximum atomic E-state index is 13.8. The molecule has 3 aromatic rings. The number of aryl methyl sites for hydroxylation is 1. The van der Waals surface area contributed by atoms with Crippen molar-refractivity contribution in [2.75, 3.05) is 20.8 Å². The molecule has 0 radical (unpaired) electrons. The van der Waals surface area contributed by atoms with Gasteiger partial charge in [0, 0.05) is 0 Å². The Morgan fingerprint density at radius 3 is 2.47 bits per heavy atom. The van der Waals surface area contributed by atoms with Gasteiger partial charge in [-0.3, -0.25) is 9.36 Å². The quantitative estimate of drug-likeness (QED) is 0.406. The Morgan fingerprint density at radius 2 is 1.82 bits per heavy atom. The van der Waals surface area contributed by atoms with Gasteiger partial charge in [0.05, 0.1) is 48.8 Å². The molecular formula is C29H32N2O6S. The van der Waals surface area contributed by atoms with Gasteiger partial charge >= 0.3 is 5.97 Å². The lowest BCUT2D eigenvalue weighted by atomic mass is 9.95. The number of allylic oxidation sites excluding steroid dienone is 1. The molecule has 2 aromatic carbocycles. The molecule has 0 spiro atoms. The van der Waals surface area contributed by atoms with E-state index in [1.54, 1.807) is 44.8 Å². The Morgan fingerprint density at radius 1 is 1.08 bits per heavy atom. The van der Waals surface area contributed by atoms with E-state index in [2.05, 4.69) is 4.99 Å². The summed E-state index contributed by atoms with van der Waals surface area (Å²) < 4.78 is 24.3. The summed E-state index contributed by atoms with van der Waals surface area (Å²) in [6, 6.07) is 10.4. The smallest absolute Gasteiger partial charge is 0.338 e. The van der Waals surface area contributed by atoms with Crippen LogP contribution in [0.5, 0.6) is 17.2 Å². The number of methoxy groups -OCH3 is 2. The third-order valence-electron chi connectivity index (χ3n) is 6.11. The highest BCUT2D eigenvalue weighted by Gasteiger charge is 2.34. The van der Waals surface area contributed by atoms with Crippen molar-refractivity contribution in [3.8, 4) is 17.2 Å². The second kappa shape index (κ2) is 11.3. The summed E-state index contributed by atoms with van der Waals surface area (Å²) >= 11 is 1.27. The van der Waals surface area contributed by atoms with Crippen molar-refractivity contribution < 1.29 is 23.7 Å². The van der Waals surface area contributed by atoms with Crippen LogP contribution in [0.3, 0.4) is 0 Å². The van der Waals surface area contributed by atoms with E-state index in [4.69, 9.17) is 18.9 Å². The average Bonchev–Trinajstić information content (AvgIpc) is 3.18. The zero-order valence-electron chi connectivity index (χ0n) is 22.7. The van der Waals surface area contributed by atoms with E-state index in [1.165, 1.54) is 11.3 Å². The van der Waals surface area contributed by atoms with E-state index in [0.717, 1.165) is 16.9 Å². The number of nitrogens with zero attached hydrogens (tertiary/aromatic N) is 2. The zero-order valence-corrected chi connectivity index (χ0v) is 23.5. The number of esters is 1. The Balaban J connectivity index is 1.94. The van der Waals surface area contributed by atoms with Crippen LogP contribution < -0.4 is 29.1 Å². The fourth-order valence-electron chi connectivity index (χ4n) is 4.39. The molecule has 8 nitrogen and oxygen atoms in total. The lowest BCUT2D eigenvalue weighted by molar-refractivity contribution is -0.139. The minimum Gasteiger partial charge on any atom is -0.496 e. The van der Waals surface area contributed by atoms with Gasteiger partial charge in [0.25, 0.3) is 5.56 Å². The second-order valence-corrected chi connectivity index (χ2v) is 10.1. The van der Waals surface area contributed by atoms with E-state index < -0.39 is 12.0 Å². The molecule has 200 valence electrons. The SMILES string of the molecule is CCOC(=O)C1=C(C)N=c2s/c(=C/c3ccc(C)c(OC)c3)c(=O)n2[C@H]1c1ccc(OC(C)C)c(OC)c1.